The maximum atomic E-state index is 6.14. The van der Waals surface area contributed by atoms with Crippen LogP contribution in [0.4, 0.5) is 0 Å². The lowest BCUT2D eigenvalue weighted by molar-refractivity contribution is 0.538. The first kappa shape index (κ1) is 13.0. The van der Waals surface area contributed by atoms with Crippen LogP contribution in [0.1, 0.15) is 19.7 Å². The Kier molecular flexibility index (Phi) is 4.28. The molecule has 0 saturated carbocycles. The van der Waals surface area contributed by atoms with Gasteiger partial charge >= 0.3 is 0 Å². The molecular formula is C12H16ClN5. The van der Waals surface area contributed by atoms with Crippen molar-refractivity contribution in [2.45, 2.75) is 20.4 Å². The van der Waals surface area contributed by atoms with Gasteiger partial charge in [-0.1, -0.05) is 37.6 Å². The smallest absolute Gasteiger partial charge is 0.170 e. The van der Waals surface area contributed by atoms with Crippen LogP contribution < -0.4 is 5.32 Å². The van der Waals surface area contributed by atoms with Crippen LogP contribution in [-0.2, 0) is 6.54 Å². The van der Waals surface area contributed by atoms with Crippen LogP contribution in [-0.4, -0.2) is 26.8 Å². The van der Waals surface area contributed by atoms with E-state index >= 15 is 0 Å². The van der Waals surface area contributed by atoms with E-state index in [2.05, 4.69) is 34.7 Å². The van der Waals surface area contributed by atoms with Crippen molar-refractivity contribution in [3.05, 3.63) is 35.1 Å². The average molecular weight is 266 g/mol. The third-order valence-corrected chi connectivity index (χ3v) is 2.77. The maximum Gasteiger partial charge on any atom is 0.170 e. The van der Waals surface area contributed by atoms with Gasteiger partial charge in [0, 0.05) is 0 Å². The fourth-order valence-electron chi connectivity index (χ4n) is 1.60. The van der Waals surface area contributed by atoms with Crippen molar-refractivity contribution < 1.29 is 0 Å². The van der Waals surface area contributed by atoms with Crippen LogP contribution in [0.5, 0.6) is 0 Å². The number of aromatic nitrogens is 4. The lowest BCUT2D eigenvalue weighted by atomic mass is 10.2. The minimum atomic E-state index is 0.592. The molecule has 1 N–H and O–H groups in total. The van der Waals surface area contributed by atoms with Gasteiger partial charge in [0.05, 0.1) is 17.3 Å². The highest BCUT2D eigenvalue weighted by Gasteiger charge is 2.10. The molecule has 0 aliphatic rings. The minimum absolute atomic E-state index is 0.592. The molecule has 0 radical (unpaired) electrons. The molecule has 0 aliphatic carbocycles. The summed E-state index contributed by atoms with van der Waals surface area (Å²) in [7, 11) is 0. The molecule has 0 aliphatic heterocycles. The predicted molar refractivity (Wildman–Crippen MR) is 70.7 cm³/mol. The standard InChI is InChI=1S/C12H16ClN5/c1-9(2)7-14-8-12-15-16-17-18(12)11-6-4-3-5-10(11)13/h3-6,9,14H,7-8H2,1-2H3. The van der Waals surface area contributed by atoms with E-state index in [0.29, 0.717) is 17.5 Å². The van der Waals surface area contributed by atoms with E-state index in [4.69, 9.17) is 11.6 Å². The highest BCUT2D eigenvalue weighted by Crippen LogP contribution is 2.19. The second-order valence-electron chi connectivity index (χ2n) is 4.48. The number of hydrogen-bond acceptors (Lipinski definition) is 4. The van der Waals surface area contributed by atoms with Crippen LogP contribution >= 0.6 is 11.6 Å². The lowest BCUT2D eigenvalue weighted by Crippen LogP contribution is -2.21. The van der Waals surface area contributed by atoms with Gasteiger partial charge in [0.2, 0.25) is 0 Å². The van der Waals surface area contributed by atoms with E-state index in [9.17, 15) is 0 Å². The number of hydrogen-bond donors (Lipinski definition) is 1. The van der Waals surface area contributed by atoms with Gasteiger partial charge in [-0.05, 0) is 35.0 Å². The fourth-order valence-corrected chi connectivity index (χ4v) is 1.81. The Morgan fingerprint density at radius 3 is 2.83 bits per heavy atom. The van der Waals surface area contributed by atoms with Crippen molar-refractivity contribution in [3.63, 3.8) is 0 Å². The predicted octanol–water partition coefficient (Wildman–Crippen LogP) is 2.06. The van der Waals surface area contributed by atoms with Crippen molar-refractivity contribution in [1.82, 2.24) is 25.5 Å². The number of nitrogens with one attached hydrogen (secondary N) is 1. The molecule has 6 heteroatoms. The van der Waals surface area contributed by atoms with Crippen LogP contribution in [0.25, 0.3) is 5.69 Å². The Hall–Kier alpha value is -1.46. The van der Waals surface area contributed by atoms with Gasteiger partial charge in [-0.15, -0.1) is 5.10 Å². The molecule has 2 rings (SSSR count). The van der Waals surface area contributed by atoms with Gasteiger partial charge in [-0.2, -0.15) is 4.68 Å². The second-order valence-corrected chi connectivity index (χ2v) is 4.89. The number of rotatable bonds is 5. The monoisotopic (exact) mass is 265 g/mol. The zero-order valence-corrected chi connectivity index (χ0v) is 11.2. The van der Waals surface area contributed by atoms with E-state index in [1.165, 1.54) is 0 Å². The largest absolute Gasteiger partial charge is 0.310 e. The molecule has 96 valence electrons. The Bertz CT molecular complexity index is 509. The number of para-hydroxylation sites is 1. The van der Waals surface area contributed by atoms with Crippen molar-refractivity contribution in [2.75, 3.05) is 6.54 Å². The highest BCUT2D eigenvalue weighted by atomic mass is 35.5. The number of halogens is 1. The van der Waals surface area contributed by atoms with E-state index < -0.39 is 0 Å². The Balaban J connectivity index is 2.15. The maximum absolute atomic E-state index is 6.14. The van der Waals surface area contributed by atoms with Gasteiger partial charge in [-0.3, -0.25) is 0 Å². The number of nitrogens with zero attached hydrogens (tertiary/aromatic N) is 4. The Labute approximate surface area is 111 Å². The summed E-state index contributed by atoms with van der Waals surface area (Å²) in [6, 6.07) is 7.51. The summed E-state index contributed by atoms with van der Waals surface area (Å²) in [6.45, 7) is 5.86. The molecular weight excluding hydrogens is 250 g/mol. The SMILES string of the molecule is CC(C)CNCc1nnnn1-c1ccccc1Cl. The molecule has 0 spiro atoms. The number of benzene rings is 1. The van der Waals surface area contributed by atoms with Crippen LogP contribution in [0, 0.1) is 5.92 Å². The van der Waals surface area contributed by atoms with E-state index in [-0.39, 0.29) is 0 Å². The van der Waals surface area contributed by atoms with Gasteiger partial charge in [-0.25, -0.2) is 0 Å². The Morgan fingerprint density at radius 2 is 2.11 bits per heavy atom. The van der Waals surface area contributed by atoms with E-state index in [1.54, 1.807) is 4.68 Å². The zero-order valence-electron chi connectivity index (χ0n) is 10.5. The third-order valence-electron chi connectivity index (χ3n) is 2.45. The van der Waals surface area contributed by atoms with Gasteiger partial charge in [0.1, 0.15) is 0 Å². The molecule has 0 unspecified atom stereocenters. The first-order valence-electron chi connectivity index (χ1n) is 5.91. The first-order chi connectivity index (χ1) is 8.68. The van der Waals surface area contributed by atoms with Crippen LogP contribution in [0.15, 0.2) is 24.3 Å². The second kappa shape index (κ2) is 5.93. The van der Waals surface area contributed by atoms with Crippen LogP contribution in [0.2, 0.25) is 5.02 Å². The van der Waals surface area contributed by atoms with Gasteiger partial charge in [0.15, 0.2) is 5.82 Å². The molecule has 1 heterocycles. The zero-order chi connectivity index (χ0) is 13.0. The molecule has 18 heavy (non-hydrogen) atoms. The van der Waals surface area contributed by atoms with Crippen molar-refractivity contribution in [3.8, 4) is 5.69 Å². The summed E-state index contributed by atoms with van der Waals surface area (Å²) in [4.78, 5) is 0. The van der Waals surface area contributed by atoms with Gasteiger partial charge < -0.3 is 5.32 Å². The molecule has 1 aromatic carbocycles. The molecule has 2 aromatic rings. The summed E-state index contributed by atoms with van der Waals surface area (Å²) < 4.78 is 1.66. The molecule has 0 fully saturated rings. The molecule has 0 atom stereocenters. The summed E-state index contributed by atoms with van der Waals surface area (Å²) in [5.74, 6) is 1.35. The topological polar surface area (TPSA) is 55.6 Å². The summed E-state index contributed by atoms with van der Waals surface area (Å²) in [6.07, 6.45) is 0. The summed E-state index contributed by atoms with van der Waals surface area (Å²) >= 11 is 6.14. The summed E-state index contributed by atoms with van der Waals surface area (Å²) in [5, 5.41) is 15.6. The lowest BCUT2D eigenvalue weighted by Gasteiger charge is -2.08. The summed E-state index contributed by atoms with van der Waals surface area (Å²) in [5.41, 5.74) is 0.797. The quantitative estimate of drug-likeness (QED) is 0.899. The van der Waals surface area contributed by atoms with Gasteiger partial charge in [0.25, 0.3) is 0 Å². The third kappa shape index (κ3) is 3.05. The van der Waals surface area contributed by atoms with E-state index in [0.717, 1.165) is 18.1 Å². The van der Waals surface area contributed by atoms with Crippen molar-refractivity contribution in [2.24, 2.45) is 5.92 Å². The van der Waals surface area contributed by atoms with Crippen LogP contribution in [0.3, 0.4) is 0 Å². The van der Waals surface area contributed by atoms with E-state index in [1.807, 2.05) is 24.3 Å². The molecule has 0 amide bonds. The Morgan fingerprint density at radius 1 is 1.33 bits per heavy atom. The average Bonchev–Trinajstić information content (AvgIpc) is 2.77. The van der Waals surface area contributed by atoms with Crippen molar-refractivity contribution >= 4 is 11.6 Å². The highest BCUT2D eigenvalue weighted by molar-refractivity contribution is 6.32. The molecule has 0 saturated heterocycles. The molecule has 0 bridgehead atoms. The minimum Gasteiger partial charge on any atom is -0.310 e. The normalized spacial score (nSPS) is 11.1. The molecule has 1 aromatic heterocycles. The number of tetrazole rings is 1. The first-order valence-corrected chi connectivity index (χ1v) is 6.29. The molecule has 5 nitrogen and oxygen atoms in total. The van der Waals surface area contributed by atoms with Crippen molar-refractivity contribution in [1.29, 1.82) is 0 Å². The fraction of sp³-hybridized carbons (Fsp3) is 0.417.